The van der Waals surface area contributed by atoms with Gasteiger partial charge in [0.05, 0.1) is 21.8 Å². The molecule has 0 saturated heterocycles. The summed E-state index contributed by atoms with van der Waals surface area (Å²) in [6, 6.07) is 11.5. The van der Waals surface area contributed by atoms with Gasteiger partial charge in [0, 0.05) is 5.69 Å². The van der Waals surface area contributed by atoms with Crippen LogP contribution in [-0.4, -0.2) is 11.8 Å². The molecule has 0 radical (unpaired) electrons. The lowest BCUT2D eigenvalue weighted by Gasteiger charge is -2.15. The van der Waals surface area contributed by atoms with E-state index in [-0.39, 0.29) is 5.56 Å². The molecule has 0 aliphatic carbocycles. The zero-order valence-corrected chi connectivity index (χ0v) is 10.5. The van der Waals surface area contributed by atoms with Crippen molar-refractivity contribution < 1.29 is 9.59 Å². The van der Waals surface area contributed by atoms with Crippen LogP contribution >= 0.6 is 11.6 Å². The SMILES string of the molecule is Nc1cccc2c1C(=O)N(c1ccccc1Cl)C2=O. The van der Waals surface area contributed by atoms with Crippen molar-refractivity contribution in [1.82, 2.24) is 0 Å². The van der Waals surface area contributed by atoms with Gasteiger partial charge in [-0.2, -0.15) is 0 Å². The minimum absolute atomic E-state index is 0.243. The van der Waals surface area contributed by atoms with Crippen LogP contribution in [0.25, 0.3) is 0 Å². The van der Waals surface area contributed by atoms with E-state index in [1.54, 1.807) is 42.5 Å². The number of benzene rings is 2. The third-order valence-electron chi connectivity index (χ3n) is 3.04. The monoisotopic (exact) mass is 272 g/mol. The van der Waals surface area contributed by atoms with E-state index in [1.165, 1.54) is 0 Å². The maximum atomic E-state index is 12.3. The molecule has 4 nitrogen and oxygen atoms in total. The first kappa shape index (κ1) is 11.7. The number of rotatable bonds is 1. The fourth-order valence-corrected chi connectivity index (χ4v) is 2.38. The van der Waals surface area contributed by atoms with Crippen LogP contribution in [0.3, 0.4) is 0 Å². The fourth-order valence-electron chi connectivity index (χ4n) is 2.16. The predicted octanol–water partition coefficient (Wildman–Crippen LogP) is 2.72. The minimum Gasteiger partial charge on any atom is -0.398 e. The third-order valence-corrected chi connectivity index (χ3v) is 3.36. The molecule has 5 heteroatoms. The smallest absolute Gasteiger partial charge is 0.268 e. The molecule has 2 aromatic rings. The lowest BCUT2D eigenvalue weighted by atomic mass is 10.1. The van der Waals surface area contributed by atoms with Gasteiger partial charge in [-0.3, -0.25) is 9.59 Å². The Hall–Kier alpha value is -2.33. The summed E-state index contributed by atoms with van der Waals surface area (Å²) in [4.78, 5) is 25.7. The number of halogens is 1. The lowest BCUT2D eigenvalue weighted by Crippen LogP contribution is -2.29. The minimum atomic E-state index is -0.439. The summed E-state index contributed by atoms with van der Waals surface area (Å²) >= 11 is 6.04. The van der Waals surface area contributed by atoms with E-state index < -0.39 is 11.8 Å². The first-order valence-corrected chi connectivity index (χ1v) is 6.01. The van der Waals surface area contributed by atoms with Gasteiger partial charge >= 0.3 is 0 Å². The number of carbonyl (C=O) groups is 2. The molecule has 0 unspecified atom stereocenters. The molecule has 0 saturated carbocycles. The Bertz CT molecular complexity index is 712. The van der Waals surface area contributed by atoms with Crippen LogP contribution in [-0.2, 0) is 0 Å². The van der Waals surface area contributed by atoms with Gasteiger partial charge in [-0.05, 0) is 24.3 Å². The van der Waals surface area contributed by atoms with Crippen molar-refractivity contribution in [2.45, 2.75) is 0 Å². The highest BCUT2D eigenvalue weighted by atomic mass is 35.5. The largest absolute Gasteiger partial charge is 0.398 e. The molecule has 94 valence electrons. The standard InChI is InChI=1S/C14H9ClN2O2/c15-9-5-1-2-7-11(9)17-13(18)8-4-3-6-10(16)12(8)14(17)19/h1-7H,16H2. The highest BCUT2D eigenvalue weighted by molar-refractivity contribution is 6.40. The van der Waals surface area contributed by atoms with E-state index in [9.17, 15) is 9.59 Å². The maximum Gasteiger partial charge on any atom is 0.268 e. The van der Waals surface area contributed by atoms with Crippen LogP contribution in [0.5, 0.6) is 0 Å². The molecule has 0 fully saturated rings. The molecule has 19 heavy (non-hydrogen) atoms. The molecule has 0 spiro atoms. The van der Waals surface area contributed by atoms with E-state index in [1.807, 2.05) is 0 Å². The normalized spacial score (nSPS) is 13.8. The van der Waals surface area contributed by atoms with E-state index in [4.69, 9.17) is 17.3 Å². The Morgan fingerprint density at radius 1 is 0.947 bits per heavy atom. The Labute approximate surface area is 114 Å². The molecule has 1 aliphatic rings. The van der Waals surface area contributed by atoms with E-state index in [0.29, 0.717) is 22.0 Å². The summed E-state index contributed by atoms with van der Waals surface area (Å²) in [5, 5.41) is 0.343. The molecule has 1 aliphatic heterocycles. The van der Waals surface area contributed by atoms with Crippen LogP contribution in [0.4, 0.5) is 11.4 Å². The number of hydrogen-bond donors (Lipinski definition) is 1. The molecule has 0 atom stereocenters. The topological polar surface area (TPSA) is 63.4 Å². The number of nitrogen functional groups attached to an aromatic ring is 1. The van der Waals surface area contributed by atoms with E-state index in [2.05, 4.69) is 0 Å². The van der Waals surface area contributed by atoms with Crippen LogP contribution in [0.2, 0.25) is 5.02 Å². The number of fused-ring (bicyclic) bond motifs is 1. The van der Waals surface area contributed by atoms with Crippen molar-refractivity contribution in [3.63, 3.8) is 0 Å². The number of carbonyl (C=O) groups excluding carboxylic acids is 2. The van der Waals surface area contributed by atoms with Crippen molar-refractivity contribution in [3.05, 3.63) is 58.6 Å². The van der Waals surface area contributed by atoms with Crippen molar-refractivity contribution in [1.29, 1.82) is 0 Å². The molecule has 2 amide bonds. The zero-order chi connectivity index (χ0) is 13.6. The molecule has 1 heterocycles. The molecule has 2 N–H and O–H groups in total. The number of para-hydroxylation sites is 1. The molecule has 0 aromatic heterocycles. The van der Waals surface area contributed by atoms with Crippen LogP contribution in [0.15, 0.2) is 42.5 Å². The van der Waals surface area contributed by atoms with Gasteiger partial charge in [-0.1, -0.05) is 29.8 Å². The highest BCUT2D eigenvalue weighted by Crippen LogP contribution is 2.34. The molecule has 2 aromatic carbocycles. The highest BCUT2D eigenvalue weighted by Gasteiger charge is 2.38. The Morgan fingerprint density at radius 2 is 1.68 bits per heavy atom. The number of hydrogen-bond acceptors (Lipinski definition) is 3. The van der Waals surface area contributed by atoms with Gasteiger partial charge in [0.15, 0.2) is 0 Å². The van der Waals surface area contributed by atoms with E-state index in [0.717, 1.165) is 4.90 Å². The van der Waals surface area contributed by atoms with Crippen molar-refractivity contribution in [2.75, 3.05) is 10.6 Å². The summed E-state index contributed by atoms with van der Waals surface area (Å²) < 4.78 is 0. The number of anilines is 2. The summed E-state index contributed by atoms with van der Waals surface area (Å²) in [5.41, 5.74) is 6.99. The Balaban J connectivity index is 2.19. The third kappa shape index (κ3) is 1.61. The van der Waals surface area contributed by atoms with Crippen LogP contribution in [0, 0.1) is 0 Å². The van der Waals surface area contributed by atoms with Gasteiger partial charge < -0.3 is 5.73 Å². The summed E-state index contributed by atoms with van der Waals surface area (Å²) in [5.74, 6) is -0.841. The number of nitrogens with two attached hydrogens (primary N) is 1. The quantitative estimate of drug-likeness (QED) is 0.641. The lowest BCUT2D eigenvalue weighted by molar-refractivity contribution is 0.0926. The maximum absolute atomic E-state index is 12.3. The molecular formula is C14H9ClN2O2. The van der Waals surface area contributed by atoms with Gasteiger partial charge in [-0.15, -0.1) is 0 Å². The molecule has 3 rings (SSSR count). The van der Waals surface area contributed by atoms with Crippen molar-refractivity contribution >= 4 is 34.8 Å². The second kappa shape index (κ2) is 4.10. The fraction of sp³-hybridized carbons (Fsp3) is 0. The molecule has 0 bridgehead atoms. The second-order valence-corrected chi connectivity index (χ2v) is 4.57. The summed E-state index contributed by atoms with van der Waals surface area (Å²) in [6.45, 7) is 0. The second-order valence-electron chi connectivity index (χ2n) is 4.17. The van der Waals surface area contributed by atoms with Crippen LogP contribution < -0.4 is 10.6 Å². The first-order chi connectivity index (χ1) is 9.11. The first-order valence-electron chi connectivity index (χ1n) is 5.63. The van der Waals surface area contributed by atoms with Crippen molar-refractivity contribution in [3.8, 4) is 0 Å². The van der Waals surface area contributed by atoms with Gasteiger partial charge in [0.1, 0.15) is 0 Å². The predicted molar refractivity (Wildman–Crippen MR) is 73.4 cm³/mol. The average molecular weight is 273 g/mol. The van der Waals surface area contributed by atoms with Gasteiger partial charge in [-0.25, -0.2) is 4.90 Å². The Morgan fingerprint density at radius 3 is 2.37 bits per heavy atom. The number of nitrogens with zero attached hydrogens (tertiary/aromatic N) is 1. The molecular weight excluding hydrogens is 264 g/mol. The van der Waals surface area contributed by atoms with Gasteiger partial charge in [0.25, 0.3) is 11.8 Å². The van der Waals surface area contributed by atoms with E-state index >= 15 is 0 Å². The zero-order valence-electron chi connectivity index (χ0n) is 9.76. The van der Waals surface area contributed by atoms with Crippen molar-refractivity contribution in [2.24, 2.45) is 0 Å². The van der Waals surface area contributed by atoms with Gasteiger partial charge in [0.2, 0.25) is 0 Å². The Kier molecular flexibility index (Phi) is 2.54. The number of imide groups is 1. The average Bonchev–Trinajstić information content (AvgIpc) is 2.64. The van der Waals surface area contributed by atoms with Crippen LogP contribution in [0.1, 0.15) is 20.7 Å². The summed E-state index contributed by atoms with van der Waals surface area (Å²) in [6.07, 6.45) is 0. The summed E-state index contributed by atoms with van der Waals surface area (Å²) in [7, 11) is 0. The number of amides is 2.